The molecule has 0 rings (SSSR count). The van der Waals surface area contributed by atoms with Crippen molar-refractivity contribution in [2.45, 2.75) is 6.92 Å². The van der Waals surface area contributed by atoms with Gasteiger partial charge in [0.25, 0.3) is 0 Å². The fourth-order valence-electron chi connectivity index (χ4n) is 0.217. The zero-order valence-electron chi connectivity index (χ0n) is 3.99. The maximum Gasteiger partial charge on any atom is 0.0302 e. The van der Waals surface area contributed by atoms with Crippen LogP contribution in [-0.2, 0) is 0 Å². The van der Waals surface area contributed by atoms with Crippen LogP contribution in [0.5, 0.6) is 0 Å². The third-order valence-corrected chi connectivity index (χ3v) is 0.496. The molecule has 6 heavy (non-hydrogen) atoms. The molecule has 2 heteroatoms. The van der Waals surface area contributed by atoms with Gasteiger partial charge in [-0.1, -0.05) is 6.92 Å². The molecule has 0 saturated carbocycles. The van der Waals surface area contributed by atoms with E-state index in [1.807, 2.05) is 6.92 Å². The van der Waals surface area contributed by atoms with Gasteiger partial charge in [0.15, 0.2) is 0 Å². The molecule has 2 N–H and O–H groups in total. The number of nitrogens with one attached hydrogen (secondary N) is 2. The van der Waals surface area contributed by atoms with E-state index in [1.54, 1.807) is 0 Å². The van der Waals surface area contributed by atoms with E-state index in [2.05, 4.69) is 5.32 Å². The highest BCUT2D eigenvalue weighted by molar-refractivity contribution is 5.55. The fraction of sp³-hybridized carbons (Fsp3) is 0.750. The van der Waals surface area contributed by atoms with E-state index in [-0.39, 0.29) is 0 Å². The lowest BCUT2D eigenvalue weighted by Crippen LogP contribution is -2.14. The maximum absolute atomic E-state index is 6.52. The van der Waals surface area contributed by atoms with Gasteiger partial charge >= 0.3 is 0 Å². The van der Waals surface area contributed by atoms with Crippen molar-refractivity contribution in [2.24, 2.45) is 0 Å². The number of hydrogen-bond donors (Lipinski definition) is 2. The van der Waals surface area contributed by atoms with E-state index in [0.29, 0.717) is 6.54 Å². The highest BCUT2D eigenvalue weighted by Crippen LogP contribution is 1.46. The van der Waals surface area contributed by atoms with Gasteiger partial charge < -0.3 is 10.7 Å². The molecular formula is C4H10N2. The lowest BCUT2D eigenvalue weighted by atomic mass is 10.6. The molecule has 0 bridgehead atoms. The largest absolute Gasteiger partial charge is 0.312 e. The molecule has 0 atom stereocenters. The number of hydrogen-bond acceptors (Lipinski definition) is 2. The quantitative estimate of drug-likeness (QED) is 0.374. The molecule has 0 aliphatic heterocycles. The molecule has 0 amide bonds. The summed E-state index contributed by atoms with van der Waals surface area (Å²) >= 11 is 0. The second-order valence-electron chi connectivity index (χ2n) is 1.01. The Morgan fingerprint density at radius 2 is 2.50 bits per heavy atom. The average Bonchev–Trinajstić information content (AvgIpc) is 1.61. The van der Waals surface area contributed by atoms with Crippen LogP contribution < -0.4 is 5.32 Å². The van der Waals surface area contributed by atoms with Crippen LogP contribution in [0.2, 0.25) is 0 Å². The molecular weight excluding hydrogens is 76.1 g/mol. The highest BCUT2D eigenvalue weighted by Gasteiger charge is 1.67. The summed E-state index contributed by atoms with van der Waals surface area (Å²) in [5, 5.41) is 9.47. The van der Waals surface area contributed by atoms with E-state index in [9.17, 15) is 0 Å². The van der Waals surface area contributed by atoms with Gasteiger partial charge in [0.1, 0.15) is 0 Å². The topological polar surface area (TPSA) is 35.9 Å². The molecule has 0 spiro atoms. The Kier molecular flexibility index (Phi) is 4.34. The first-order valence-corrected chi connectivity index (χ1v) is 2.11. The Bertz CT molecular complexity index is 34.5. The molecule has 36 valence electrons. The standard InChI is InChI=1S/C4H10N2/c1-2-6-4-3-5/h3,5-6H,2,4H2,1H3. The molecule has 0 radical (unpaired) electrons. The van der Waals surface area contributed by atoms with Crippen LogP contribution in [0.25, 0.3) is 0 Å². The summed E-state index contributed by atoms with van der Waals surface area (Å²) in [6.07, 6.45) is 1.35. The monoisotopic (exact) mass is 86.1 g/mol. The van der Waals surface area contributed by atoms with Gasteiger partial charge in [-0.2, -0.15) is 0 Å². The predicted molar refractivity (Wildman–Crippen MR) is 27.3 cm³/mol. The van der Waals surface area contributed by atoms with Gasteiger partial charge in [-0.25, -0.2) is 0 Å². The summed E-state index contributed by atoms with van der Waals surface area (Å²) in [6, 6.07) is 0. The van der Waals surface area contributed by atoms with Crippen LogP contribution >= 0.6 is 0 Å². The molecule has 0 fully saturated rings. The van der Waals surface area contributed by atoms with Crippen LogP contribution in [0, 0.1) is 5.41 Å². The van der Waals surface area contributed by atoms with Crippen molar-refractivity contribution in [1.82, 2.24) is 5.32 Å². The van der Waals surface area contributed by atoms with Crippen LogP contribution in [0.1, 0.15) is 6.92 Å². The van der Waals surface area contributed by atoms with Crippen molar-refractivity contribution >= 4 is 6.21 Å². The summed E-state index contributed by atoms with van der Waals surface area (Å²) < 4.78 is 0. The van der Waals surface area contributed by atoms with Crippen LogP contribution in [0.4, 0.5) is 0 Å². The zero-order chi connectivity index (χ0) is 4.83. The Balaban J connectivity index is 2.49. The normalized spacial score (nSPS) is 8.17. The Hall–Kier alpha value is -0.370. The molecule has 0 aromatic heterocycles. The van der Waals surface area contributed by atoms with Crippen LogP contribution in [-0.4, -0.2) is 19.3 Å². The lowest BCUT2D eigenvalue weighted by Gasteiger charge is -1.87. The minimum Gasteiger partial charge on any atom is -0.312 e. The second kappa shape index (κ2) is 4.63. The summed E-state index contributed by atoms with van der Waals surface area (Å²) in [5.41, 5.74) is 0. The lowest BCUT2D eigenvalue weighted by molar-refractivity contribution is 0.822. The molecule has 0 unspecified atom stereocenters. The second-order valence-corrected chi connectivity index (χ2v) is 1.01. The first-order valence-electron chi connectivity index (χ1n) is 2.11. The fourth-order valence-corrected chi connectivity index (χ4v) is 0.217. The molecule has 0 aliphatic carbocycles. The van der Waals surface area contributed by atoms with Crippen molar-refractivity contribution in [3.8, 4) is 0 Å². The molecule has 0 saturated heterocycles. The van der Waals surface area contributed by atoms with Crippen LogP contribution in [0.3, 0.4) is 0 Å². The van der Waals surface area contributed by atoms with Gasteiger partial charge in [0, 0.05) is 12.8 Å². The highest BCUT2D eigenvalue weighted by atomic mass is 14.8. The smallest absolute Gasteiger partial charge is 0.0302 e. The van der Waals surface area contributed by atoms with E-state index < -0.39 is 0 Å². The minimum atomic E-state index is 0.705. The third-order valence-electron chi connectivity index (χ3n) is 0.496. The number of rotatable bonds is 3. The molecule has 0 aromatic carbocycles. The SMILES string of the molecule is CCNCC=N. The minimum absolute atomic E-state index is 0.705. The summed E-state index contributed by atoms with van der Waals surface area (Å²) in [5.74, 6) is 0. The molecule has 0 aromatic rings. The van der Waals surface area contributed by atoms with Gasteiger partial charge in [-0.15, -0.1) is 0 Å². The summed E-state index contributed by atoms with van der Waals surface area (Å²) in [6.45, 7) is 3.68. The molecule has 0 heterocycles. The van der Waals surface area contributed by atoms with Crippen LogP contribution in [0.15, 0.2) is 0 Å². The van der Waals surface area contributed by atoms with Crippen molar-refractivity contribution in [3.05, 3.63) is 0 Å². The zero-order valence-corrected chi connectivity index (χ0v) is 3.99. The molecule has 2 nitrogen and oxygen atoms in total. The van der Waals surface area contributed by atoms with Gasteiger partial charge in [-0.3, -0.25) is 0 Å². The van der Waals surface area contributed by atoms with Crippen molar-refractivity contribution in [1.29, 1.82) is 5.41 Å². The van der Waals surface area contributed by atoms with E-state index in [0.717, 1.165) is 6.54 Å². The van der Waals surface area contributed by atoms with Crippen molar-refractivity contribution in [2.75, 3.05) is 13.1 Å². The first kappa shape index (κ1) is 5.63. The maximum atomic E-state index is 6.52. The van der Waals surface area contributed by atoms with Gasteiger partial charge in [-0.05, 0) is 6.54 Å². The average molecular weight is 86.1 g/mol. The van der Waals surface area contributed by atoms with Gasteiger partial charge in [0.05, 0.1) is 0 Å². The summed E-state index contributed by atoms with van der Waals surface area (Å²) in [7, 11) is 0. The van der Waals surface area contributed by atoms with Gasteiger partial charge in [0.2, 0.25) is 0 Å². The van der Waals surface area contributed by atoms with Crippen molar-refractivity contribution in [3.63, 3.8) is 0 Å². The Morgan fingerprint density at radius 1 is 1.83 bits per heavy atom. The third kappa shape index (κ3) is 3.63. The Morgan fingerprint density at radius 3 is 2.67 bits per heavy atom. The Labute approximate surface area is 38.1 Å². The van der Waals surface area contributed by atoms with E-state index in [1.165, 1.54) is 6.21 Å². The summed E-state index contributed by atoms with van der Waals surface area (Å²) in [4.78, 5) is 0. The first-order chi connectivity index (χ1) is 2.91. The van der Waals surface area contributed by atoms with Crippen molar-refractivity contribution < 1.29 is 0 Å². The molecule has 0 aliphatic rings. The van der Waals surface area contributed by atoms with E-state index >= 15 is 0 Å². The predicted octanol–water partition coefficient (Wildman–Crippen LogP) is 0.245. The van der Waals surface area contributed by atoms with E-state index in [4.69, 9.17) is 5.41 Å².